The third-order valence-electron chi connectivity index (χ3n) is 3.24. The van der Waals surface area contributed by atoms with Gasteiger partial charge in [-0.3, -0.25) is 4.79 Å². The quantitative estimate of drug-likeness (QED) is 0.774. The summed E-state index contributed by atoms with van der Waals surface area (Å²) >= 11 is 17.9. The van der Waals surface area contributed by atoms with Crippen molar-refractivity contribution < 1.29 is 4.79 Å². The highest BCUT2D eigenvalue weighted by Gasteiger charge is 2.14. The van der Waals surface area contributed by atoms with Crippen LogP contribution in [0.5, 0.6) is 0 Å². The molecule has 0 aliphatic carbocycles. The van der Waals surface area contributed by atoms with Crippen molar-refractivity contribution in [1.29, 1.82) is 0 Å². The molecule has 0 bridgehead atoms. The molecule has 1 aromatic carbocycles. The highest BCUT2D eigenvalue weighted by Crippen LogP contribution is 2.28. The van der Waals surface area contributed by atoms with Crippen LogP contribution in [0.25, 0.3) is 11.0 Å². The summed E-state index contributed by atoms with van der Waals surface area (Å²) in [7, 11) is 3.48. The fraction of sp³-hybridized carbons (Fsp3) is 0.429. The lowest BCUT2D eigenvalue weighted by Crippen LogP contribution is -2.23. The Morgan fingerprint density at radius 3 is 2.57 bits per heavy atom. The Morgan fingerprint density at radius 1 is 1.29 bits per heavy atom. The van der Waals surface area contributed by atoms with Gasteiger partial charge in [-0.2, -0.15) is 0 Å². The molecule has 0 saturated carbocycles. The van der Waals surface area contributed by atoms with Gasteiger partial charge in [0, 0.05) is 39.4 Å². The molecular formula is C14H16Cl3N3O. The average molecular weight is 349 g/mol. The molecule has 0 saturated heterocycles. The van der Waals surface area contributed by atoms with E-state index in [2.05, 4.69) is 4.98 Å². The van der Waals surface area contributed by atoms with Gasteiger partial charge in [0.2, 0.25) is 5.91 Å². The summed E-state index contributed by atoms with van der Waals surface area (Å²) in [6.07, 6.45) is 1.02. The van der Waals surface area contributed by atoms with Gasteiger partial charge in [0.25, 0.3) is 0 Å². The predicted octanol–water partition coefficient (Wildman–Crippen LogP) is 3.60. The maximum Gasteiger partial charge on any atom is 0.223 e. The molecule has 4 nitrogen and oxygen atoms in total. The summed E-state index contributed by atoms with van der Waals surface area (Å²) in [6, 6.07) is 3.52. The van der Waals surface area contributed by atoms with Crippen molar-refractivity contribution in [2.45, 2.75) is 19.4 Å². The average Bonchev–Trinajstić information content (AvgIpc) is 2.74. The molecule has 0 fully saturated rings. The molecule has 0 unspecified atom stereocenters. The molecule has 1 aromatic heterocycles. The van der Waals surface area contributed by atoms with Crippen LogP contribution in [0.2, 0.25) is 10.0 Å². The Hall–Kier alpha value is -0.970. The van der Waals surface area contributed by atoms with Gasteiger partial charge < -0.3 is 9.47 Å². The van der Waals surface area contributed by atoms with E-state index >= 15 is 0 Å². The van der Waals surface area contributed by atoms with Crippen LogP contribution >= 0.6 is 34.8 Å². The lowest BCUT2D eigenvalue weighted by atomic mass is 10.3. The lowest BCUT2D eigenvalue weighted by molar-refractivity contribution is -0.128. The zero-order valence-corrected chi connectivity index (χ0v) is 14.1. The molecule has 0 atom stereocenters. The fourth-order valence-electron chi connectivity index (χ4n) is 2.13. The van der Waals surface area contributed by atoms with Gasteiger partial charge in [0.05, 0.1) is 21.1 Å². The number of benzene rings is 1. The van der Waals surface area contributed by atoms with Crippen molar-refractivity contribution in [1.82, 2.24) is 14.5 Å². The van der Waals surface area contributed by atoms with Crippen molar-refractivity contribution >= 4 is 51.7 Å². The van der Waals surface area contributed by atoms with Crippen molar-refractivity contribution in [2.75, 3.05) is 20.0 Å². The largest absolute Gasteiger partial charge is 0.349 e. The number of carbonyl (C=O) groups excluding carboxylic acids is 1. The molecule has 2 rings (SSSR count). The molecule has 0 spiro atoms. The summed E-state index contributed by atoms with van der Waals surface area (Å²) in [4.78, 5) is 17.9. The maximum absolute atomic E-state index is 11.8. The molecule has 0 radical (unpaired) electrons. The van der Waals surface area contributed by atoms with Crippen LogP contribution in [0.3, 0.4) is 0 Å². The number of hydrogen-bond donors (Lipinski definition) is 0. The van der Waals surface area contributed by atoms with E-state index in [0.717, 1.165) is 16.9 Å². The van der Waals surface area contributed by atoms with Crippen molar-refractivity contribution in [3.63, 3.8) is 0 Å². The van der Waals surface area contributed by atoms with Gasteiger partial charge in [0.1, 0.15) is 5.82 Å². The minimum Gasteiger partial charge on any atom is -0.349 e. The van der Waals surface area contributed by atoms with Crippen LogP contribution in [0, 0.1) is 0 Å². The number of aromatic nitrogens is 2. The number of nitrogens with zero attached hydrogens (tertiary/aromatic N) is 3. The Bertz CT molecular complexity index is 667. The molecule has 0 aliphatic rings. The number of rotatable bonds is 5. The van der Waals surface area contributed by atoms with Crippen LogP contribution < -0.4 is 0 Å². The van der Waals surface area contributed by atoms with E-state index in [-0.39, 0.29) is 5.91 Å². The number of halogens is 3. The molecule has 114 valence electrons. The molecule has 0 N–H and O–H groups in total. The first kappa shape index (κ1) is 16.4. The van der Waals surface area contributed by atoms with Gasteiger partial charge in [0.15, 0.2) is 0 Å². The van der Waals surface area contributed by atoms with Crippen LogP contribution in [-0.2, 0) is 17.8 Å². The minimum atomic E-state index is 0.0636. The number of carbonyl (C=O) groups is 1. The van der Waals surface area contributed by atoms with E-state index in [1.165, 1.54) is 0 Å². The first-order valence-electron chi connectivity index (χ1n) is 6.54. The van der Waals surface area contributed by atoms with Crippen LogP contribution in [0.1, 0.15) is 12.2 Å². The summed E-state index contributed by atoms with van der Waals surface area (Å²) < 4.78 is 1.99. The van der Waals surface area contributed by atoms with Gasteiger partial charge in [-0.1, -0.05) is 23.2 Å². The first-order valence-corrected chi connectivity index (χ1v) is 7.83. The van der Waals surface area contributed by atoms with E-state index in [1.54, 1.807) is 31.1 Å². The molecule has 7 heteroatoms. The normalized spacial score (nSPS) is 11.1. The van der Waals surface area contributed by atoms with Crippen molar-refractivity contribution in [3.8, 4) is 0 Å². The topological polar surface area (TPSA) is 38.1 Å². The van der Waals surface area contributed by atoms with Crippen LogP contribution in [-0.4, -0.2) is 40.3 Å². The van der Waals surface area contributed by atoms with Gasteiger partial charge in [-0.15, -0.1) is 11.6 Å². The molecule has 2 aromatic rings. The number of imidazole rings is 1. The molecule has 1 heterocycles. The number of hydrogen-bond acceptors (Lipinski definition) is 2. The minimum absolute atomic E-state index is 0.0636. The van der Waals surface area contributed by atoms with E-state index in [4.69, 9.17) is 34.8 Å². The highest BCUT2D eigenvalue weighted by atomic mass is 35.5. The van der Waals surface area contributed by atoms with Crippen molar-refractivity contribution in [3.05, 3.63) is 28.0 Å². The second kappa shape index (κ2) is 6.86. The summed E-state index contributed by atoms with van der Waals surface area (Å²) in [6.45, 7) is 0.539. The van der Waals surface area contributed by atoms with Gasteiger partial charge in [-0.25, -0.2) is 4.98 Å². The summed E-state index contributed by atoms with van der Waals surface area (Å²) in [5.41, 5.74) is 1.64. The van der Waals surface area contributed by atoms with Crippen molar-refractivity contribution in [2.24, 2.45) is 0 Å². The van der Waals surface area contributed by atoms with E-state index in [0.29, 0.717) is 35.3 Å². The SMILES string of the molecule is CN(C)C(=O)CCn1c(CCCl)nc2cc(Cl)c(Cl)cc21. The van der Waals surface area contributed by atoms with E-state index < -0.39 is 0 Å². The van der Waals surface area contributed by atoms with E-state index in [1.807, 2.05) is 4.57 Å². The number of fused-ring (bicyclic) bond motifs is 1. The van der Waals surface area contributed by atoms with Crippen LogP contribution in [0.15, 0.2) is 12.1 Å². The molecule has 0 aliphatic heterocycles. The maximum atomic E-state index is 11.8. The number of amides is 1. The van der Waals surface area contributed by atoms with Gasteiger partial charge in [-0.05, 0) is 12.1 Å². The summed E-state index contributed by atoms with van der Waals surface area (Å²) in [5.74, 6) is 1.37. The number of alkyl halides is 1. The first-order chi connectivity index (χ1) is 9.93. The standard InChI is InChI=1S/C14H16Cl3N3O/c1-19(2)14(21)4-6-20-12-8-10(17)9(16)7-11(12)18-13(20)3-5-15/h7-8H,3-6H2,1-2H3. The second-order valence-corrected chi connectivity index (χ2v) is 6.10. The Labute approximate surface area is 138 Å². The Balaban J connectivity index is 2.40. The second-order valence-electron chi connectivity index (χ2n) is 4.91. The van der Waals surface area contributed by atoms with E-state index in [9.17, 15) is 4.79 Å². The molecule has 1 amide bonds. The zero-order chi connectivity index (χ0) is 15.6. The molecular weight excluding hydrogens is 333 g/mol. The third-order valence-corrected chi connectivity index (χ3v) is 4.15. The van der Waals surface area contributed by atoms with Crippen LogP contribution in [0.4, 0.5) is 0 Å². The third kappa shape index (κ3) is 3.62. The molecule has 21 heavy (non-hydrogen) atoms. The monoisotopic (exact) mass is 347 g/mol. The Morgan fingerprint density at radius 2 is 1.95 bits per heavy atom. The lowest BCUT2D eigenvalue weighted by Gasteiger charge is -2.12. The zero-order valence-electron chi connectivity index (χ0n) is 11.9. The predicted molar refractivity (Wildman–Crippen MR) is 87.5 cm³/mol. The smallest absolute Gasteiger partial charge is 0.223 e. The summed E-state index contributed by atoms with van der Waals surface area (Å²) in [5, 5.41) is 0.942. The highest BCUT2D eigenvalue weighted by molar-refractivity contribution is 6.42. The number of aryl methyl sites for hydroxylation is 2. The Kier molecular flexibility index (Phi) is 5.36. The fourth-order valence-corrected chi connectivity index (χ4v) is 2.61. The van der Waals surface area contributed by atoms with Gasteiger partial charge >= 0.3 is 0 Å².